The van der Waals surface area contributed by atoms with E-state index in [4.69, 9.17) is 11.6 Å². The average molecular weight is 452 g/mol. The van der Waals surface area contributed by atoms with Crippen LogP contribution in [0.4, 0.5) is 13.6 Å². The Morgan fingerprint density at radius 1 is 1.16 bits per heavy atom. The number of carbonyl (C=O) groups excluding carboxylic acids is 3. The van der Waals surface area contributed by atoms with Gasteiger partial charge in [0, 0.05) is 18.6 Å². The van der Waals surface area contributed by atoms with Crippen molar-refractivity contribution < 1.29 is 27.9 Å². The molecule has 0 saturated carbocycles. The van der Waals surface area contributed by atoms with Crippen LogP contribution in [0.5, 0.6) is 5.75 Å². The van der Waals surface area contributed by atoms with Gasteiger partial charge in [-0.3, -0.25) is 14.5 Å². The molecule has 7 nitrogen and oxygen atoms in total. The number of nitrogens with zero attached hydrogens (tertiary/aromatic N) is 2. The van der Waals surface area contributed by atoms with Crippen molar-refractivity contribution in [2.24, 2.45) is 0 Å². The maximum atomic E-state index is 12.9. The first-order valence-electron chi connectivity index (χ1n) is 9.28. The number of urea groups is 1. The summed E-state index contributed by atoms with van der Waals surface area (Å²) in [6.07, 6.45) is 0. The molecule has 4 amide bonds. The lowest BCUT2D eigenvalue weighted by molar-refractivity contribution is -0.138. The average Bonchev–Trinajstić information content (AvgIpc) is 2.93. The lowest BCUT2D eigenvalue weighted by Gasteiger charge is -2.23. The second-order valence-electron chi connectivity index (χ2n) is 7.23. The highest BCUT2D eigenvalue weighted by Gasteiger charge is 2.49. The minimum atomic E-state index is -2.92. The Morgan fingerprint density at radius 2 is 1.77 bits per heavy atom. The Balaban J connectivity index is 1.64. The molecule has 1 fully saturated rings. The summed E-state index contributed by atoms with van der Waals surface area (Å²) in [5.41, 5.74) is -0.0912. The number of halogens is 3. The van der Waals surface area contributed by atoms with Gasteiger partial charge < -0.3 is 15.0 Å². The van der Waals surface area contributed by atoms with Gasteiger partial charge in [-0.1, -0.05) is 35.9 Å². The summed E-state index contributed by atoms with van der Waals surface area (Å²) in [7, 11) is 1.52. The van der Waals surface area contributed by atoms with E-state index in [1.54, 1.807) is 43.3 Å². The number of rotatable bonds is 7. The van der Waals surface area contributed by atoms with Crippen molar-refractivity contribution in [2.45, 2.75) is 25.6 Å². The number of carbonyl (C=O) groups is 3. The third-order valence-corrected chi connectivity index (χ3v) is 5.24. The maximum Gasteiger partial charge on any atom is 0.387 e. The van der Waals surface area contributed by atoms with Gasteiger partial charge in [-0.15, -0.1) is 0 Å². The monoisotopic (exact) mass is 451 g/mol. The van der Waals surface area contributed by atoms with Crippen molar-refractivity contribution in [3.63, 3.8) is 0 Å². The second kappa shape index (κ2) is 8.89. The molecule has 1 N–H and O–H groups in total. The van der Waals surface area contributed by atoms with Crippen molar-refractivity contribution >= 4 is 29.4 Å². The molecular weight excluding hydrogens is 432 g/mol. The molecule has 0 unspecified atom stereocenters. The summed E-state index contributed by atoms with van der Waals surface area (Å²) >= 11 is 5.89. The lowest BCUT2D eigenvalue weighted by atomic mass is 9.92. The van der Waals surface area contributed by atoms with E-state index in [-0.39, 0.29) is 12.3 Å². The number of hydrogen-bond acceptors (Lipinski definition) is 4. The van der Waals surface area contributed by atoms with Crippen LogP contribution in [-0.4, -0.2) is 47.8 Å². The van der Waals surface area contributed by atoms with Crippen molar-refractivity contribution in [1.82, 2.24) is 15.1 Å². The molecule has 10 heteroatoms. The Kier molecular flexibility index (Phi) is 6.45. The SMILES string of the molecule is CN(Cc1ccc(OC(F)F)cc1)C(=O)CN1C(=O)N[C@](C)(c2ccc(Cl)cc2)C1=O. The van der Waals surface area contributed by atoms with Gasteiger partial charge in [-0.2, -0.15) is 8.78 Å². The summed E-state index contributed by atoms with van der Waals surface area (Å²) in [4.78, 5) is 40.1. The first kappa shape index (κ1) is 22.5. The van der Waals surface area contributed by atoms with Gasteiger partial charge in [0.25, 0.3) is 5.91 Å². The number of benzene rings is 2. The number of imide groups is 1. The predicted octanol–water partition coefficient (Wildman–Crippen LogP) is 3.37. The van der Waals surface area contributed by atoms with Crippen LogP contribution in [-0.2, 0) is 21.7 Å². The van der Waals surface area contributed by atoms with Gasteiger partial charge in [0.2, 0.25) is 5.91 Å². The van der Waals surface area contributed by atoms with Crippen molar-refractivity contribution in [2.75, 3.05) is 13.6 Å². The van der Waals surface area contributed by atoms with Gasteiger partial charge in [0.15, 0.2) is 0 Å². The summed E-state index contributed by atoms with van der Waals surface area (Å²) in [5.74, 6) is -1.000. The van der Waals surface area contributed by atoms with E-state index >= 15 is 0 Å². The third-order valence-electron chi connectivity index (χ3n) is 4.98. The highest BCUT2D eigenvalue weighted by Crippen LogP contribution is 2.29. The molecule has 0 aromatic heterocycles. The molecular formula is C21H20ClF2N3O4. The summed E-state index contributed by atoms with van der Waals surface area (Å²) < 4.78 is 28.7. The zero-order valence-electron chi connectivity index (χ0n) is 16.8. The van der Waals surface area contributed by atoms with Gasteiger partial charge in [0.05, 0.1) is 0 Å². The summed E-state index contributed by atoms with van der Waals surface area (Å²) in [6, 6.07) is 11.7. The maximum absolute atomic E-state index is 12.9. The number of amides is 4. The Morgan fingerprint density at radius 3 is 2.35 bits per heavy atom. The quantitative estimate of drug-likeness (QED) is 0.655. The fourth-order valence-electron chi connectivity index (χ4n) is 3.21. The molecule has 31 heavy (non-hydrogen) atoms. The molecule has 2 aromatic rings. The Bertz CT molecular complexity index is 985. The summed E-state index contributed by atoms with van der Waals surface area (Å²) in [6.45, 7) is -1.63. The fourth-order valence-corrected chi connectivity index (χ4v) is 3.34. The highest BCUT2D eigenvalue weighted by atomic mass is 35.5. The van der Waals surface area contributed by atoms with Gasteiger partial charge in [0.1, 0.15) is 17.8 Å². The molecule has 1 heterocycles. The van der Waals surface area contributed by atoms with E-state index in [2.05, 4.69) is 10.1 Å². The molecule has 164 valence electrons. The zero-order chi connectivity index (χ0) is 22.8. The van der Waals surface area contributed by atoms with Crippen LogP contribution in [0.1, 0.15) is 18.1 Å². The molecule has 0 radical (unpaired) electrons. The fraction of sp³-hybridized carbons (Fsp3) is 0.286. The topological polar surface area (TPSA) is 79.0 Å². The molecule has 0 bridgehead atoms. The highest BCUT2D eigenvalue weighted by molar-refractivity contribution is 6.30. The third kappa shape index (κ3) is 4.93. The first-order chi connectivity index (χ1) is 14.6. The number of nitrogens with one attached hydrogen (secondary N) is 1. The summed E-state index contributed by atoms with van der Waals surface area (Å²) in [5, 5.41) is 3.12. The van der Waals surface area contributed by atoms with Crippen molar-refractivity contribution in [3.8, 4) is 5.75 Å². The van der Waals surface area contributed by atoms with E-state index in [0.29, 0.717) is 16.1 Å². The van der Waals surface area contributed by atoms with Crippen LogP contribution < -0.4 is 10.1 Å². The first-order valence-corrected chi connectivity index (χ1v) is 9.66. The van der Waals surface area contributed by atoms with E-state index in [1.807, 2.05) is 0 Å². The Labute approximate surface area is 182 Å². The lowest BCUT2D eigenvalue weighted by Crippen LogP contribution is -2.43. The normalized spacial score (nSPS) is 18.3. The number of alkyl halides is 2. The van der Waals surface area contributed by atoms with Gasteiger partial charge in [-0.05, 0) is 42.3 Å². The molecule has 1 atom stereocenters. The van der Waals surface area contributed by atoms with E-state index < -0.39 is 36.5 Å². The minimum absolute atomic E-state index is 0.00792. The predicted molar refractivity (Wildman–Crippen MR) is 109 cm³/mol. The molecule has 1 aliphatic rings. The van der Waals surface area contributed by atoms with Crippen molar-refractivity contribution in [3.05, 3.63) is 64.7 Å². The standard InChI is InChI=1S/C21H20ClF2N3O4/c1-21(14-5-7-15(22)8-6-14)18(29)27(20(30)25-21)12-17(28)26(2)11-13-3-9-16(10-4-13)31-19(23)24/h3-10,19H,11-12H2,1-2H3,(H,25,30)/t21-/m1/s1. The van der Waals surface area contributed by atoms with Crippen LogP contribution in [0.2, 0.25) is 5.02 Å². The Hall–Kier alpha value is -3.20. The number of likely N-dealkylation sites (N-methyl/N-ethyl adjacent to an activating group) is 1. The van der Waals surface area contributed by atoms with E-state index in [9.17, 15) is 23.2 Å². The minimum Gasteiger partial charge on any atom is -0.435 e. The van der Waals surface area contributed by atoms with Crippen LogP contribution in [0.3, 0.4) is 0 Å². The van der Waals surface area contributed by atoms with Gasteiger partial charge in [-0.25, -0.2) is 4.79 Å². The number of hydrogen-bond donors (Lipinski definition) is 1. The molecule has 0 aliphatic carbocycles. The van der Waals surface area contributed by atoms with Crippen LogP contribution in [0.25, 0.3) is 0 Å². The number of ether oxygens (including phenoxy) is 1. The van der Waals surface area contributed by atoms with Crippen molar-refractivity contribution in [1.29, 1.82) is 0 Å². The zero-order valence-corrected chi connectivity index (χ0v) is 17.5. The van der Waals surface area contributed by atoms with Crippen LogP contribution >= 0.6 is 11.6 Å². The molecule has 1 aliphatic heterocycles. The van der Waals surface area contributed by atoms with Crippen LogP contribution in [0.15, 0.2) is 48.5 Å². The molecule has 1 saturated heterocycles. The van der Waals surface area contributed by atoms with E-state index in [1.165, 1.54) is 24.1 Å². The second-order valence-corrected chi connectivity index (χ2v) is 7.66. The smallest absolute Gasteiger partial charge is 0.387 e. The largest absolute Gasteiger partial charge is 0.435 e. The van der Waals surface area contributed by atoms with Crippen LogP contribution in [0, 0.1) is 0 Å². The molecule has 2 aromatic carbocycles. The molecule has 3 rings (SSSR count). The molecule has 0 spiro atoms. The van der Waals surface area contributed by atoms with Gasteiger partial charge >= 0.3 is 12.6 Å². The van der Waals surface area contributed by atoms with E-state index in [0.717, 1.165) is 4.90 Å².